The van der Waals surface area contributed by atoms with Crippen LogP contribution in [0.15, 0.2) is 30.3 Å². The Kier molecular flexibility index (Phi) is 3.76. The van der Waals surface area contributed by atoms with E-state index in [1.807, 2.05) is 0 Å². The molecule has 0 aromatic heterocycles. The average Bonchev–Trinajstić information content (AvgIpc) is 2.36. The third-order valence-corrected chi connectivity index (χ3v) is 2.81. The van der Waals surface area contributed by atoms with Crippen LogP contribution in [0.3, 0.4) is 0 Å². The largest absolute Gasteiger partial charge is 0.494 e. The summed E-state index contributed by atoms with van der Waals surface area (Å²) in [6.45, 7) is 0. The fourth-order valence-corrected chi connectivity index (χ4v) is 1.73. The fourth-order valence-electron chi connectivity index (χ4n) is 1.57. The molecule has 0 aliphatic rings. The minimum Gasteiger partial charge on any atom is -0.494 e. The van der Waals surface area contributed by atoms with Gasteiger partial charge in [0.1, 0.15) is 5.82 Å². The Labute approximate surface area is 113 Å². The van der Waals surface area contributed by atoms with Gasteiger partial charge in [0.2, 0.25) is 0 Å². The highest BCUT2D eigenvalue weighted by atomic mass is 35.5. The van der Waals surface area contributed by atoms with Crippen LogP contribution in [0.5, 0.6) is 5.75 Å². The zero-order valence-corrected chi connectivity index (χ0v) is 10.8. The molecule has 0 atom stereocenters. The van der Waals surface area contributed by atoms with Crippen molar-refractivity contribution in [3.05, 3.63) is 47.0 Å². The standard InChI is InChI=1S/C13H11ClF2N2O/c1-19-13-3-2-7(4-10(13)16)18-12-5-8(14)9(15)6-11(12)17/h2-6,18H,17H2,1H3. The van der Waals surface area contributed by atoms with E-state index in [-0.39, 0.29) is 16.5 Å². The molecule has 0 heterocycles. The summed E-state index contributed by atoms with van der Waals surface area (Å²) < 4.78 is 31.5. The molecule has 0 saturated carbocycles. The van der Waals surface area contributed by atoms with Crippen LogP contribution < -0.4 is 15.8 Å². The second kappa shape index (κ2) is 5.32. The van der Waals surface area contributed by atoms with Crippen LogP contribution in [0.1, 0.15) is 0 Å². The van der Waals surface area contributed by atoms with E-state index in [0.717, 1.165) is 6.07 Å². The van der Waals surface area contributed by atoms with Crippen molar-refractivity contribution in [1.29, 1.82) is 0 Å². The molecule has 0 saturated heterocycles. The van der Waals surface area contributed by atoms with Gasteiger partial charge in [-0.25, -0.2) is 8.78 Å². The molecular weight excluding hydrogens is 274 g/mol. The number of ether oxygens (including phenoxy) is 1. The van der Waals surface area contributed by atoms with Crippen LogP contribution in [0.25, 0.3) is 0 Å². The maximum absolute atomic E-state index is 13.5. The Hall–Kier alpha value is -2.01. The van der Waals surface area contributed by atoms with Gasteiger partial charge in [0.05, 0.1) is 23.5 Å². The average molecular weight is 285 g/mol. The first-order valence-electron chi connectivity index (χ1n) is 5.36. The summed E-state index contributed by atoms with van der Waals surface area (Å²) in [5.74, 6) is -0.986. The Morgan fingerprint density at radius 1 is 1.16 bits per heavy atom. The van der Waals surface area contributed by atoms with Crippen molar-refractivity contribution in [3.8, 4) is 5.75 Å². The Balaban J connectivity index is 2.31. The number of hydrogen-bond donors (Lipinski definition) is 2. The van der Waals surface area contributed by atoms with Gasteiger partial charge in [-0.1, -0.05) is 11.6 Å². The molecule has 6 heteroatoms. The molecule has 2 rings (SSSR count). The first-order chi connectivity index (χ1) is 9.01. The third kappa shape index (κ3) is 2.88. The highest BCUT2D eigenvalue weighted by Crippen LogP contribution is 2.30. The Bertz CT molecular complexity index is 620. The number of methoxy groups -OCH3 is 1. The summed E-state index contributed by atoms with van der Waals surface area (Å²) >= 11 is 5.67. The van der Waals surface area contributed by atoms with E-state index in [9.17, 15) is 8.78 Å². The zero-order valence-electron chi connectivity index (χ0n) is 10.0. The molecule has 0 fully saturated rings. The zero-order chi connectivity index (χ0) is 14.0. The molecule has 3 N–H and O–H groups in total. The van der Waals surface area contributed by atoms with Crippen LogP contribution in [0, 0.1) is 11.6 Å². The summed E-state index contributed by atoms with van der Waals surface area (Å²) in [4.78, 5) is 0. The summed E-state index contributed by atoms with van der Waals surface area (Å²) in [5, 5.41) is 2.80. The molecule has 0 radical (unpaired) electrons. The van der Waals surface area contributed by atoms with Crippen molar-refractivity contribution >= 4 is 28.7 Å². The maximum Gasteiger partial charge on any atom is 0.167 e. The molecule has 0 amide bonds. The van der Waals surface area contributed by atoms with Crippen molar-refractivity contribution in [2.75, 3.05) is 18.2 Å². The minimum atomic E-state index is -0.606. The van der Waals surface area contributed by atoms with Crippen LogP contribution >= 0.6 is 11.6 Å². The summed E-state index contributed by atoms with van der Waals surface area (Å²) in [6, 6.07) is 6.77. The van der Waals surface area contributed by atoms with Crippen molar-refractivity contribution < 1.29 is 13.5 Å². The molecule has 2 aromatic carbocycles. The molecule has 3 nitrogen and oxygen atoms in total. The summed E-state index contributed by atoms with van der Waals surface area (Å²) in [7, 11) is 1.38. The number of hydrogen-bond acceptors (Lipinski definition) is 3. The number of anilines is 3. The SMILES string of the molecule is COc1ccc(Nc2cc(Cl)c(F)cc2N)cc1F. The Morgan fingerprint density at radius 2 is 1.89 bits per heavy atom. The van der Waals surface area contributed by atoms with Crippen molar-refractivity contribution in [1.82, 2.24) is 0 Å². The number of nitrogens with two attached hydrogens (primary N) is 1. The highest BCUT2D eigenvalue weighted by molar-refractivity contribution is 6.31. The number of rotatable bonds is 3. The molecule has 0 bridgehead atoms. The quantitative estimate of drug-likeness (QED) is 0.839. The molecule has 19 heavy (non-hydrogen) atoms. The molecule has 0 aliphatic heterocycles. The highest BCUT2D eigenvalue weighted by Gasteiger charge is 2.08. The lowest BCUT2D eigenvalue weighted by Crippen LogP contribution is -1.98. The lowest BCUT2D eigenvalue weighted by atomic mass is 10.2. The summed E-state index contributed by atoms with van der Waals surface area (Å²) in [6.07, 6.45) is 0. The smallest absolute Gasteiger partial charge is 0.167 e. The van der Waals surface area contributed by atoms with Crippen LogP contribution in [-0.2, 0) is 0 Å². The molecular formula is C13H11ClF2N2O. The van der Waals surface area contributed by atoms with Gasteiger partial charge < -0.3 is 15.8 Å². The third-order valence-electron chi connectivity index (χ3n) is 2.52. The lowest BCUT2D eigenvalue weighted by Gasteiger charge is -2.11. The second-order valence-corrected chi connectivity index (χ2v) is 4.24. The minimum absolute atomic E-state index is 0.0642. The number of nitrogen functional groups attached to an aromatic ring is 1. The normalized spacial score (nSPS) is 10.3. The molecule has 100 valence electrons. The summed E-state index contributed by atoms with van der Waals surface area (Å²) in [5.41, 5.74) is 6.68. The monoisotopic (exact) mass is 284 g/mol. The second-order valence-electron chi connectivity index (χ2n) is 3.83. The van der Waals surface area contributed by atoms with Gasteiger partial charge in [0.25, 0.3) is 0 Å². The number of halogens is 3. The van der Waals surface area contributed by atoms with Crippen molar-refractivity contribution in [2.45, 2.75) is 0 Å². The topological polar surface area (TPSA) is 47.3 Å². The van der Waals surface area contributed by atoms with Gasteiger partial charge in [-0.3, -0.25) is 0 Å². The van der Waals surface area contributed by atoms with Crippen LogP contribution in [0.2, 0.25) is 5.02 Å². The number of nitrogens with one attached hydrogen (secondary N) is 1. The maximum atomic E-state index is 13.5. The van der Waals surface area contributed by atoms with Crippen molar-refractivity contribution in [3.63, 3.8) is 0 Å². The molecule has 0 aliphatic carbocycles. The lowest BCUT2D eigenvalue weighted by molar-refractivity contribution is 0.386. The van der Waals surface area contributed by atoms with Gasteiger partial charge in [-0.05, 0) is 18.2 Å². The first kappa shape index (κ1) is 13.4. The van der Waals surface area contributed by atoms with Gasteiger partial charge in [-0.15, -0.1) is 0 Å². The van der Waals surface area contributed by atoms with E-state index in [4.69, 9.17) is 22.1 Å². The first-order valence-corrected chi connectivity index (χ1v) is 5.74. The van der Waals surface area contributed by atoms with E-state index in [1.54, 1.807) is 6.07 Å². The molecule has 2 aromatic rings. The van der Waals surface area contributed by atoms with E-state index >= 15 is 0 Å². The predicted molar refractivity (Wildman–Crippen MR) is 72.1 cm³/mol. The van der Waals surface area contributed by atoms with E-state index in [2.05, 4.69) is 5.32 Å². The molecule has 0 spiro atoms. The van der Waals surface area contributed by atoms with Gasteiger partial charge >= 0.3 is 0 Å². The molecule has 0 unspecified atom stereocenters. The van der Waals surface area contributed by atoms with Gasteiger partial charge in [0.15, 0.2) is 11.6 Å². The van der Waals surface area contributed by atoms with E-state index in [0.29, 0.717) is 11.4 Å². The van der Waals surface area contributed by atoms with Crippen LogP contribution in [-0.4, -0.2) is 7.11 Å². The number of benzene rings is 2. The van der Waals surface area contributed by atoms with E-state index < -0.39 is 11.6 Å². The van der Waals surface area contributed by atoms with Crippen molar-refractivity contribution in [2.24, 2.45) is 0 Å². The predicted octanol–water partition coefficient (Wildman–Crippen LogP) is 3.95. The van der Waals surface area contributed by atoms with E-state index in [1.165, 1.54) is 25.3 Å². The van der Waals surface area contributed by atoms with Gasteiger partial charge in [-0.2, -0.15) is 0 Å². The van der Waals surface area contributed by atoms with Gasteiger partial charge in [0, 0.05) is 17.8 Å². The fraction of sp³-hybridized carbons (Fsp3) is 0.0769. The van der Waals surface area contributed by atoms with Crippen LogP contribution in [0.4, 0.5) is 25.8 Å². The Morgan fingerprint density at radius 3 is 2.53 bits per heavy atom.